The summed E-state index contributed by atoms with van der Waals surface area (Å²) < 4.78 is 0. The van der Waals surface area contributed by atoms with Crippen LogP contribution in [0.5, 0.6) is 0 Å². The van der Waals surface area contributed by atoms with E-state index >= 15 is 0 Å². The quantitative estimate of drug-likeness (QED) is 0.604. The number of hydrogen-bond acceptors (Lipinski definition) is 1. The van der Waals surface area contributed by atoms with Gasteiger partial charge in [0.2, 0.25) is 0 Å². The molecular weight excluding hydrogens is 230 g/mol. The number of hydrogen-bond donors (Lipinski definition) is 0. The van der Waals surface area contributed by atoms with Gasteiger partial charge < -0.3 is 4.90 Å². The lowest BCUT2D eigenvalue weighted by atomic mass is 9.86. The summed E-state index contributed by atoms with van der Waals surface area (Å²) >= 11 is 0. The summed E-state index contributed by atoms with van der Waals surface area (Å²) in [5, 5.41) is 0. The lowest BCUT2D eigenvalue weighted by Crippen LogP contribution is -2.13. The number of allylic oxidation sites excluding steroid dienone is 5. The minimum atomic E-state index is 0.141. The van der Waals surface area contributed by atoms with E-state index in [0.29, 0.717) is 0 Å². The molecule has 0 radical (unpaired) electrons. The molecule has 0 aliphatic rings. The molecule has 0 atom stereocenters. The van der Waals surface area contributed by atoms with Gasteiger partial charge in [-0.15, -0.1) is 0 Å². The highest BCUT2D eigenvalue weighted by Crippen LogP contribution is 2.25. The molecule has 0 heterocycles. The molecule has 1 heteroatoms. The zero-order valence-corrected chi connectivity index (χ0v) is 14.1. The van der Waals surface area contributed by atoms with Crippen molar-refractivity contribution in [1.82, 2.24) is 4.90 Å². The fourth-order valence-electron chi connectivity index (χ4n) is 1.85. The second-order valence-corrected chi connectivity index (χ2v) is 6.78. The van der Waals surface area contributed by atoms with Crippen molar-refractivity contribution in [2.45, 2.75) is 48.5 Å². The van der Waals surface area contributed by atoms with Crippen LogP contribution in [0.25, 0.3) is 0 Å². The van der Waals surface area contributed by atoms with Crippen LogP contribution in [0.4, 0.5) is 0 Å². The molecule has 0 rings (SSSR count). The van der Waals surface area contributed by atoms with Gasteiger partial charge in [0.25, 0.3) is 0 Å². The van der Waals surface area contributed by atoms with E-state index < -0.39 is 0 Å². The Balaban J connectivity index is 4.73. The third-order valence-electron chi connectivity index (χ3n) is 2.82. The van der Waals surface area contributed by atoms with Crippen LogP contribution in [0, 0.1) is 5.41 Å². The van der Waals surface area contributed by atoms with Crippen molar-refractivity contribution >= 4 is 0 Å². The molecule has 0 aliphatic carbocycles. The summed E-state index contributed by atoms with van der Waals surface area (Å²) in [6.07, 6.45) is 6.60. The van der Waals surface area contributed by atoms with Crippen molar-refractivity contribution in [1.29, 1.82) is 0 Å². The first-order chi connectivity index (χ1) is 8.52. The third kappa shape index (κ3) is 8.47. The lowest BCUT2D eigenvalue weighted by molar-refractivity contribution is 0.492. The molecule has 19 heavy (non-hydrogen) atoms. The molecule has 0 fully saturated rings. The highest BCUT2D eigenvalue weighted by molar-refractivity contribution is 5.32. The molecule has 0 saturated heterocycles. The predicted octanol–water partition coefficient (Wildman–Crippen LogP) is 5.34. The largest absolute Gasteiger partial charge is 0.376 e. The summed E-state index contributed by atoms with van der Waals surface area (Å²) in [6.45, 7) is 20.2. The Kier molecular flexibility index (Phi) is 6.89. The minimum Gasteiger partial charge on any atom is -0.376 e. The second-order valence-electron chi connectivity index (χ2n) is 6.78. The first kappa shape index (κ1) is 17.8. The second kappa shape index (κ2) is 7.37. The molecule has 0 spiro atoms. The Morgan fingerprint density at radius 1 is 1.05 bits per heavy atom. The van der Waals surface area contributed by atoms with Crippen LogP contribution >= 0.6 is 0 Å². The predicted molar refractivity (Wildman–Crippen MR) is 88.2 cm³/mol. The van der Waals surface area contributed by atoms with Gasteiger partial charge in [-0.2, -0.15) is 0 Å². The SMILES string of the molecule is C=C(/C=C(C)\C=C(/C)CN(C)C=C(C)C)C(C)(C)C. The molecule has 0 aromatic heterocycles. The van der Waals surface area contributed by atoms with Crippen LogP contribution in [0.2, 0.25) is 0 Å². The molecule has 108 valence electrons. The van der Waals surface area contributed by atoms with Gasteiger partial charge in [-0.25, -0.2) is 0 Å². The molecular formula is C18H31N. The zero-order chi connectivity index (χ0) is 15.2. The molecule has 0 saturated carbocycles. The monoisotopic (exact) mass is 261 g/mol. The highest BCUT2D eigenvalue weighted by atomic mass is 15.1. The minimum absolute atomic E-state index is 0.141. The average molecular weight is 261 g/mol. The molecule has 0 N–H and O–H groups in total. The summed E-state index contributed by atoms with van der Waals surface area (Å²) in [5.74, 6) is 0. The Hall–Kier alpha value is -1.24. The normalized spacial score (nSPS) is 13.3. The van der Waals surface area contributed by atoms with Crippen LogP contribution in [0.3, 0.4) is 0 Å². The smallest absolute Gasteiger partial charge is 0.0380 e. The van der Waals surface area contributed by atoms with E-state index in [1.54, 1.807) is 0 Å². The van der Waals surface area contributed by atoms with Gasteiger partial charge in [-0.3, -0.25) is 0 Å². The van der Waals surface area contributed by atoms with E-state index in [-0.39, 0.29) is 5.41 Å². The first-order valence-electron chi connectivity index (χ1n) is 6.92. The van der Waals surface area contributed by atoms with Crippen LogP contribution in [0.1, 0.15) is 48.5 Å². The van der Waals surface area contributed by atoms with Crippen LogP contribution in [0.15, 0.2) is 47.2 Å². The van der Waals surface area contributed by atoms with Crippen LogP contribution in [-0.2, 0) is 0 Å². The number of rotatable bonds is 5. The van der Waals surface area contributed by atoms with Crippen LogP contribution in [-0.4, -0.2) is 18.5 Å². The summed E-state index contributed by atoms with van der Waals surface area (Å²) in [7, 11) is 2.11. The number of likely N-dealkylation sites (N-methyl/N-ethyl adjacent to an activating group) is 1. The topological polar surface area (TPSA) is 3.24 Å². The molecule has 0 bridgehead atoms. The van der Waals surface area contributed by atoms with Crippen molar-refractivity contribution in [3.8, 4) is 0 Å². The molecule has 0 aromatic rings. The highest BCUT2D eigenvalue weighted by Gasteiger charge is 2.12. The van der Waals surface area contributed by atoms with Gasteiger partial charge in [0.15, 0.2) is 0 Å². The Bertz CT molecular complexity index is 396. The van der Waals surface area contributed by atoms with E-state index in [9.17, 15) is 0 Å². The van der Waals surface area contributed by atoms with E-state index in [4.69, 9.17) is 0 Å². The standard InChI is InChI=1S/C18H31N/c1-14(2)12-19(9)13-16(4)10-15(3)11-17(5)18(6,7)8/h10-12H,5,13H2,1-4,6-9H3/b15-11-,16-10+. The van der Waals surface area contributed by atoms with Gasteiger partial charge >= 0.3 is 0 Å². The maximum Gasteiger partial charge on any atom is 0.0380 e. The van der Waals surface area contributed by atoms with Crippen molar-refractivity contribution in [3.63, 3.8) is 0 Å². The lowest BCUT2D eigenvalue weighted by Gasteiger charge is -2.19. The van der Waals surface area contributed by atoms with Crippen molar-refractivity contribution < 1.29 is 0 Å². The maximum absolute atomic E-state index is 4.15. The van der Waals surface area contributed by atoms with Gasteiger partial charge in [0, 0.05) is 13.6 Å². The molecule has 0 unspecified atom stereocenters. The fraction of sp³-hybridized carbons (Fsp3) is 0.556. The van der Waals surface area contributed by atoms with Gasteiger partial charge in [-0.05, 0) is 44.9 Å². The Labute approximate surface area is 120 Å². The molecule has 1 nitrogen and oxygen atoms in total. The van der Waals surface area contributed by atoms with E-state index in [0.717, 1.165) is 6.54 Å². The molecule has 0 aromatic carbocycles. The zero-order valence-electron chi connectivity index (χ0n) is 14.1. The van der Waals surface area contributed by atoms with E-state index in [1.165, 1.54) is 22.3 Å². The Morgan fingerprint density at radius 2 is 1.58 bits per heavy atom. The molecule has 0 aliphatic heterocycles. The van der Waals surface area contributed by atoms with Crippen molar-refractivity contribution in [3.05, 3.63) is 47.2 Å². The van der Waals surface area contributed by atoms with Gasteiger partial charge in [-0.1, -0.05) is 56.2 Å². The number of nitrogens with zero attached hydrogens (tertiary/aromatic N) is 1. The fourth-order valence-corrected chi connectivity index (χ4v) is 1.85. The maximum atomic E-state index is 4.15. The van der Waals surface area contributed by atoms with Gasteiger partial charge in [0.1, 0.15) is 0 Å². The van der Waals surface area contributed by atoms with Crippen molar-refractivity contribution in [2.75, 3.05) is 13.6 Å². The van der Waals surface area contributed by atoms with Crippen LogP contribution < -0.4 is 0 Å². The van der Waals surface area contributed by atoms with Crippen molar-refractivity contribution in [2.24, 2.45) is 5.41 Å². The average Bonchev–Trinajstić information content (AvgIpc) is 2.12. The van der Waals surface area contributed by atoms with Gasteiger partial charge in [0.05, 0.1) is 0 Å². The van der Waals surface area contributed by atoms with E-state index in [2.05, 4.69) is 85.3 Å². The first-order valence-corrected chi connectivity index (χ1v) is 6.92. The van der Waals surface area contributed by atoms with E-state index in [1.807, 2.05) is 0 Å². The summed E-state index contributed by atoms with van der Waals surface area (Å²) in [5.41, 5.74) is 5.26. The third-order valence-corrected chi connectivity index (χ3v) is 2.82. The summed E-state index contributed by atoms with van der Waals surface area (Å²) in [4.78, 5) is 2.22. The Morgan fingerprint density at radius 3 is 2.00 bits per heavy atom. The summed E-state index contributed by atoms with van der Waals surface area (Å²) in [6, 6.07) is 0. The molecule has 0 amide bonds.